The molecule has 1 aliphatic rings. The molecular weight excluding hydrogens is 559 g/mol. The highest BCUT2D eigenvalue weighted by Crippen LogP contribution is 2.33. The third-order valence-electron chi connectivity index (χ3n) is 6.90. The number of carbonyl (C=O) groups excluding carboxylic acids is 1. The van der Waals surface area contributed by atoms with Gasteiger partial charge in [0.25, 0.3) is 5.91 Å². The first-order valence-electron chi connectivity index (χ1n) is 12.6. The van der Waals surface area contributed by atoms with E-state index in [9.17, 15) is 21.6 Å². The van der Waals surface area contributed by atoms with E-state index in [2.05, 4.69) is 4.98 Å². The van der Waals surface area contributed by atoms with Gasteiger partial charge in [-0.1, -0.05) is 24.7 Å². The Labute approximate surface area is 232 Å². The van der Waals surface area contributed by atoms with E-state index in [0.29, 0.717) is 33.2 Å². The first kappa shape index (κ1) is 27.5. The van der Waals surface area contributed by atoms with Crippen molar-refractivity contribution in [3.63, 3.8) is 0 Å². The normalized spacial score (nSPS) is 16.9. The number of thiazole rings is 1. The van der Waals surface area contributed by atoms with Crippen LogP contribution in [0.15, 0.2) is 75.1 Å². The van der Waals surface area contributed by atoms with Crippen molar-refractivity contribution in [3.05, 3.63) is 72.2 Å². The van der Waals surface area contributed by atoms with Crippen LogP contribution >= 0.6 is 11.3 Å². The van der Waals surface area contributed by atoms with Gasteiger partial charge in [-0.2, -0.15) is 4.31 Å². The van der Waals surface area contributed by atoms with Crippen molar-refractivity contribution in [2.24, 2.45) is 0 Å². The molecule has 0 saturated carbocycles. The van der Waals surface area contributed by atoms with Crippen LogP contribution in [0, 0.1) is 0 Å². The maximum atomic E-state index is 13.7. The number of rotatable bonds is 8. The van der Waals surface area contributed by atoms with Crippen molar-refractivity contribution in [1.29, 1.82) is 0 Å². The number of sulfonamides is 1. The largest absolute Gasteiger partial charge is 0.467 e. The predicted molar refractivity (Wildman–Crippen MR) is 150 cm³/mol. The second kappa shape index (κ2) is 10.8. The number of hydrogen-bond donors (Lipinski definition) is 0. The van der Waals surface area contributed by atoms with Crippen LogP contribution in [-0.4, -0.2) is 50.9 Å². The number of aromatic nitrogens is 1. The molecule has 0 radical (unpaired) electrons. The fourth-order valence-electron chi connectivity index (χ4n) is 4.78. The van der Waals surface area contributed by atoms with Crippen LogP contribution in [-0.2, 0) is 26.4 Å². The summed E-state index contributed by atoms with van der Waals surface area (Å²) in [6.45, 7) is 2.59. The van der Waals surface area contributed by atoms with Gasteiger partial charge in [0.15, 0.2) is 15.0 Å². The maximum absolute atomic E-state index is 13.7. The number of anilines is 1. The number of carbonyl (C=O) groups is 1. The highest BCUT2D eigenvalue weighted by Gasteiger charge is 2.33. The summed E-state index contributed by atoms with van der Waals surface area (Å²) in [6, 6.07) is 14.1. The number of amides is 1. The average Bonchev–Trinajstić information content (AvgIpc) is 3.60. The molecule has 12 heteroatoms. The van der Waals surface area contributed by atoms with Crippen LogP contribution in [0.4, 0.5) is 5.13 Å². The topological polar surface area (TPSA) is 118 Å². The lowest BCUT2D eigenvalue weighted by Crippen LogP contribution is -2.43. The molecule has 2 aromatic heterocycles. The standard InChI is InChI=1S/C27H29N3O6S3/c1-3-20-7-4-5-15-30(20)39(34,35)22-11-9-19(10-12-22)26(31)29(18-21-8-6-16-36-21)27-28-24-14-13-23(38(2,32)33)17-25(24)37-27/h6,8-14,16-17,20H,3-5,7,15,18H2,1-2H3. The Morgan fingerprint density at radius 3 is 2.49 bits per heavy atom. The zero-order valence-corrected chi connectivity index (χ0v) is 24.1. The van der Waals surface area contributed by atoms with E-state index in [4.69, 9.17) is 4.42 Å². The Hall–Kier alpha value is -3.06. The van der Waals surface area contributed by atoms with Crippen LogP contribution in [0.3, 0.4) is 0 Å². The smallest absolute Gasteiger partial charge is 0.260 e. The van der Waals surface area contributed by atoms with Gasteiger partial charge in [-0.05, 0) is 73.9 Å². The molecule has 5 rings (SSSR count). The molecule has 1 unspecified atom stereocenters. The summed E-state index contributed by atoms with van der Waals surface area (Å²) in [5, 5.41) is 0.368. The van der Waals surface area contributed by atoms with E-state index in [1.165, 1.54) is 52.8 Å². The van der Waals surface area contributed by atoms with Crippen LogP contribution in [0.1, 0.15) is 48.7 Å². The third kappa shape index (κ3) is 5.65. The molecule has 0 aliphatic carbocycles. The summed E-state index contributed by atoms with van der Waals surface area (Å²) < 4.78 is 58.5. The first-order valence-corrected chi connectivity index (χ1v) is 16.8. The molecule has 1 fully saturated rings. The Kier molecular flexibility index (Phi) is 7.64. The van der Waals surface area contributed by atoms with Crippen LogP contribution in [0.25, 0.3) is 10.2 Å². The number of furan rings is 1. The Morgan fingerprint density at radius 2 is 1.82 bits per heavy atom. The van der Waals surface area contributed by atoms with Crippen molar-refractivity contribution >= 4 is 52.5 Å². The molecule has 206 valence electrons. The van der Waals surface area contributed by atoms with E-state index in [0.717, 1.165) is 31.9 Å². The molecule has 9 nitrogen and oxygen atoms in total. The second-order valence-corrected chi connectivity index (χ2v) is 14.5. The second-order valence-electron chi connectivity index (χ2n) is 9.57. The Morgan fingerprint density at radius 1 is 1.08 bits per heavy atom. The molecule has 39 heavy (non-hydrogen) atoms. The van der Waals surface area contributed by atoms with Crippen molar-refractivity contribution in [1.82, 2.24) is 9.29 Å². The highest BCUT2D eigenvalue weighted by atomic mass is 32.2. The molecule has 1 atom stereocenters. The summed E-state index contributed by atoms with van der Waals surface area (Å²) >= 11 is 1.19. The van der Waals surface area contributed by atoms with E-state index in [1.807, 2.05) is 6.92 Å². The van der Waals surface area contributed by atoms with Gasteiger partial charge in [-0.3, -0.25) is 9.69 Å². The van der Waals surface area contributed by atoms with Crippen LogP contribution in [0.2, 0.25) is 0 Å². The van der Waals surface area contributed by atoms with Gasteiger partial charge in [0.1, 0.15) is 5.76 Å². The molecule has 1 aliphatic heterocycles. The van der Waals surface area contributed by atoms with Gasteiger partial charge in [-0.25, -0.2) is 21.8 Å². The summed E-state index contributed by atoms with van der Waals surface area (Å²) in [5.41, 5.74) is 0.857. The summed E-state index contributed by atoms with van der Waals surface area (Å²) in [5.74, 6) is 0.150. The predicted octanol–water partition coefficient (Wildman–Crippen LogP) is 5.09. The molecule has 3 heterocycles. The molecule has 4 aromatic rings. The molecule has 0 N–H and O–H groups in total. The number of piperidine rings is 1. The zero-order chi connectivity index (χ0) is 27.8. The average molecular weight is 588 g/mol. The van der Waals surface area contributed by atoms with Crippen molar-refractivity contribution in [3.8, 4) is 0 Å². The number of benzene rings is 2. The van der Waals surface area contributed by atoms with E-state index in [1.54, 1.807) is 28.6 Å². The van der Waals surface area contributed by atoms with Crippen molar-refractivity contribution in [2.75, 3.05) is 17.7 Å². The van der Waals surface area contributed by atoms with Crippen molar-refractivity contribution < 1.29 is 26.0 Å². The van der Waals surface area contributed by atoms with Gasteiger partial charge in [0.2, 0.25) is 10.0 Å². The van der Waals surface area contributed by atoms with Crippen LogP contribution < -0.4 is 4.90 Å². The lowest BCUT2D eigenvalue weighted by atomic mass is 10.0. The van der Waals surface area contributed by atoms with E-state index >= 15 is 0 Å². The third-order valence-corrected chi connectivity index (χ3v) is 11.0. The summed E-state index contributed by atoms with van der Waals surface area (Å²) in [6.07, 6.45) is 6.11. The van der Waals surface area contributed by atoms with Gasteiger partial charge >= 0.3 is 0 Å². The Bertz CT molecular complexity index is 1700. The number of nitrogens with zero attached hydrogens (tertiary/aromatic N) is 3. The van der Waals surface area contributed by atoms with E-state index in [-0.39, 0.29) is 28.3 Å². The minimum absolute atomic E-state index is 0.0175. The minimum atomic E-state index is -3.68. The lowest BCUT2D eigenvalue weighted by molar-refractivity contribution is 0.0983. The Balaban J connectivity index is 1.47. The first-order chi connectivity index (χ1) is 18.6. The molecule has 1 amide bonds. The van der Waals surface area contributed by atoms with Gasteiger partial charge in [-0.15, -0.1) is 0 Å². The van der Waals surface area contributed by atoms with E-state index < -0.39 is 19.9 Å². The molecular formula is C27H29N3O6S3. The molecule has 1 saturated heterocycles. The minimum Gasteiger partial charge on any atom is -0.467 e. The monoisotopic (exact) mass is 587 g/mol. The molecule has 0 spiro atoms. The summed E-state index contributed by atoms with van der Waals surface area (Å²) in [7, 11) is -7.08. The van der Waals surface area contributed by atoms with Gasteiger partial charge < -0.3 is 4.42 Å². The highest BCUT2D eigenvalue weighted by molar-refractivity contribution is 7.90. The quantitative estimate of drug-likeness (QED) is 0.282. The summed E-state index contributed by atoms with van der Waals surface area (Å²) in [4.78, 5) is 20.1. The van der Waals surface area contributed by atoms with Crippen molar-refractivity contribution in [2.45, 2.75) is 55.0 Å². The fourth-order valence-corrected chi connectivity index (χ4v) is 8.27. The van der Waals surface area contributed by atoms with Crippen LogP contribution in [0.5, 0.6) is 0 Å². The fraction of sp³-hybridized carbons (Fsp3) is 0.333. The lowest BCUT2D eigenvalue weighted by Gasteiger charge is -2.34. The SMILES string of the molecule is CCC1CCCCN1S(=O)(=O)c1ccc(C(=O)N(Cc2ccco2)c2nc3ccc(S(C)(=O)=O)cc3s2)cc1. The van der Waals surface area contributed by atoms with Gasteiger partial charge in [0.05, 0.1) is 32.8 Å². The molecule has 2 aromatic carbocycles. The maximum Gasteiger partial charge on any atom is 0.260 e. The number of hydrogen-bond acceptors (Lipinski definition) is 8. The zero-order valence-electron chi connectivity index (χ0n) is 21.6. The molecule has 0 bridgehead atoms. The number of sulfone groups is 1. The van der Waals surface area contributed by atoms with Gasteiger partial charge in [0, 0.05) is 24.4 Å². The number of fused-ring (bicyclic) bond motifs is 1.